The first-order valence-corrected chi connectivity index (χ1v) is 7.93. The van der Waals surface area contributed by atoms with Gasteiger partial charge < -0.3 is 10.1 Å². The summed E-state index contributed by atoms with van der Waals surface area (Å²) in [5.41, 5.74) is 4.54. The van der Waals surface area contributed by atoms with Crippen LogP contribution in [0.15, 0.2) is 54.0 Å². The SMILES string of the molecule is CNC(Cc1ccccc1)O[O-].O=Cc1ccc2ncsc2c1.[Na+]. The minimum absolute atomic E-state index is 0. The van der Waals surface area contributed by atoms with E-state index in [1.807, 2.05) is 42.5 Å². The molecule has 0 spiro atoms. The Balaban J connectivity index is 0.000000231. The molecule has 1 unspecified atom stereocenters. The summed E-state index contributed by atoms with van der Waals surface area (Å²) in [6.07, 6.45) is 1.01. The van der Waals surface area contributed by atoms with Crippen LogP contribution < -0.4 is 40.1 Å². The summed E-state index contributed by atoms with van der Waals surface area (Å²) in [7, 11) is 1.70. The molecule has 0 fully saturated rings. The number of nitrogens with zero attached hydrogens (tertiary/aromatic N) is 1. The number of aldehydes is 1. The van der Waals surface area contributed by atoms with Gasteiger partial charge in [0.2, 0.25) is 0 Å². The van der Waals surface area contributed by atoms with Crippen LogP contribution >= 0.6 is 11.3 Å². The Labute approximate surface area is 166 Å². The molecule has 0 aliphatic rings. The molecule has 7 heteroatoms. The molecule has 0 radical (unpaired) electrons. The Hall–Kier alpha value is -1.12. The van der Waals surface area contributed by atoms with E-state index in [4.69, 9.17) is 0 Å². The quantitative estimate of drug-likeness (QED) is 0.214. The molecule has 1 atom stereocenters. The average Bonchev–Trinajstić information content (AvgIpc) is 3.08. The molecule has 1 N–H and O–H groups in total. The summed E-state index contributed by atoms with van der Waals surface area (Å²) < 4.78 is 1.06. The van der Waals surface area contributed by atoms with Crippen molar-refractivity contribution in [2.75, 3.05) is 7.05 Å². The van der Waals surface area contributed by atoms with Gasteiger partial charge in [0.15, 0.2) is 0 Å². The van der Waals surface area contributed by atoms with Gasteiger partial charge in [0.05, 0.1) is 15.7 Å². The average molecular weight is 352 g/mol. The van der Waals surface area contributed by atoms with Crippen molar-refractivity contribution < 1.29 is 44.5 Å². The third kappa shape index (κ3) is 6.41. The molecule has 1 aromatic heterocycles. The normalized spacial score (nSPS) is 11.1. The predicted octanol–water partition coefficient (Wildman–Crippen LogP) is -0.821. The van der Waals surface area contributed by atoms with Crippen molar-refractivity contribution in [3.05, 3.63) is 65.2 Å². The number of hydrogen-bond acceptors (Lipinski definition) is 6. The van der Waals surface area contributed by atoms with Crippen molar-refractivity contribution in [1.82, 2.24) is 10.3 Å². The molecule has 1 heterocycles. The largest absolute Gasteiger partial charge is 1.00 e. The first-order valence-electron chi connectivity index (χ1n) is 7.05. The molecule has 120 valence electrons. The smallest absolute Gasteiger partial charge is 0.722 e. The maximum atomic E-state index is 10.4. The Morgan fingerprint density at radius 2 is 2.04 bits per heavy atom. The molecular formula is C17H17N2NaO3S. The van der Waals surface area contributed by atoms with Gasteiger partial charge in [-0.1, -0.05) is 30.3 Å². The predicted molar refractivity (Wildman–Crippen MR) is 89.1 cm³/mol. The summed E-state index contributed by atoms with van der Waals surface area (Å²) in [6.45, 7) is 0. The molecule has 0 amide bonds. The topological polar surface area (TPSA) is 74.3 Å². The van der Waals surface area contributed by atoms with E-state index in [0.29, 0.717) is 12.0 Å². The van der Waals surface area contributed by atoms with Gasteiger partial charge in [-0.25, -0.2) is 4.98 Å². The zero-order valence-corrected chi connectivity index (χ0v) is 16.5. The van der Waals surface area contributed by atoms with Crippen LogP contribution in [0.5, 0.6) is 0 Å². The Morgan fingerprint density at radius 3 is 2.67 bits per heavy atom. The third-order valence-corrected chi connectivity index (χ3v) is 3.99. The second-order valence-electron chi connectivity index (χ2n) is 4.76. The van der Waals surface area contributed by atoms with Crippen LogP contribution in [0.2, 0.25) is 0 Å². The number of aromatic nitrogens is 1. The number of benzene rings is 2. The number of carbonyl (C=O) groups excluding carboxylic acids is 1. The Kier molecular flexibility index (Phi) is 9.97. The first-order chi connectivity index (χ1) is 11.3. The molecule has 0 aliphatic heterocycles. The number of fused-ring (bicyclic) bond motifs is 1. The van der Waals surface area contributed by atoms with Crippen molar-refractivity contribution in [2.45, 2.75) is 12.6 Å². The fourth-order valence-electron chi connectivity index (χ4n) is 1.96. The molecule has 24 heavy (non-hydrogen) atoms. The van der Waals surface area contributed by atoms with Gasteiger partial charge in [0.1, 0.15) is 12.5 Å². The molecule has 3 rings (SSSR count). The summed E-state index contributed by atoms with van der Waals surface area (Å²) in [5, 5.41) is 12.9. The van der Waals surface area contributed by atoms with Crippen LogP contribution in [-0.4, -0.2) is 24.5 Å². The molecular weight excluding hydrogens is 335 g/mol. The van der Waals surface area contributed by atoms with Crippen LogP contribution in [-0.2, 0) is 11.3 Å². The van der Waals surface area contributed by atoms with Crippen molar-refractivity contribution >= 4 is 27.8 Å². The summed E-state index contributed by atoms with van der Waals surface area (Å²) >= 11 is 1.55. The van der Waals surface area contributed by atoms with Gasteiger partial charge in [-0.15, -0.1) is 11.3 Å². The Bertz CT molecular complexity index is 733. The van der Waals surface area contributed by atoms with Crippen LogP contribution in [0, 0.1) is 0 Å². The monoisotopic (exact) mass is 352 g/mol. The van der Waals surface area contributed by atoms with Crippen molar-refractivity contribution in [3.8, 4) is 0 Å². The third-order valence-electron chi connectivity index (χ3n) is 3.19. The molecule has 3 aromatic rings. The number of likely N-dealkylation sites (N-methyl/N-ethyl adjacent to an activating group) is 1. The van der Waals surface area contributed by atoms with E-state index in [9.17, 15) is 10.1 Å². The number of thiazole rings is 1. The molecule has 5 nitrogen and oxygen atoms in total. The van der Waals surface area contributed by atoms with E-state index in [-0.39, 0.29) is 29.6 Å². The van der Waals surface area contributed by atoms with Gasteiger partial charge in [-0.05, 0) is 30.8 Å². The Morgan fingerprint density at radius 1 is 1.29 bits per heavy atom. The fraction of sp³-hybridized carbons (Fsp3) is 0.176. The van der Waals surface area contributed by atoms with E-state index in [1.54, 1.807) is 30.0 Å². The van der Waals surface area contributed by atoms with Gasteiger partial charge in [-0.3, -0.25) is 10.1 Å². The zero-order chi connectivity index (χ0) is 16.5. The number of hydrogen-bond donors (Lipinski definition) is 1. The summed E-state index contributed by atoms with van der Waals surface area (Å²) in [5.74, 6) is 0. The van der Waals surface area contributed by atoms with Crippen LogP contribution in [0.4, 0.5) is 0 Å². The van der Waals surface area contributed by atoms with E-state index in [0.717, 1.165) is 22.1 Å². The van der Waals surface area contributed by atoms with Crippen LogP contribution in [0.1, 0.15) is 15.9 Å². The maximum absolute atomic E-state index is 10.4. The molecule has 0 saturated carbocycles. The molecule has 0 aliphatic carbocycles. The first kappa shape index (κ1) is 20.9. The number of rotatable bonds is 5. The second-order valence-corrected chi connectivity index (χ2v) is 5.65. The van der Waals surface area contributed by atoms with Gasteiger partial charge >= 0.3 is 29.6 Å². The minimum Gasteiger partial charge on any atom is -0.722 e. The van der Waals surface area contributed by atoms with E-state index in [1.165, 1.54) is 0 Å². The van der Waals surface area contributed by atoms with Crippen LogP contribution in [0.3, 0.4) is 0 Å². The number of carbonyl (C=O) groups is 1. The molecule has 0 saturated heterocycles. The molecule has 0 bridgehead atoms. The maximum Gasteiger partial charge on any atom is 1.00 e. The van der Waals surface area contributed by atoms with Crippen molar-refractivity contribution in [3.63, 3.8) is 0 Å². The fourth-order valence-corrected chi connectivity index (χ4v) is 2.68. The van der Waals surface area contributed by atoms with Crippen LogP contribution in [0.25, 0.3) is 10.2 Å². The van der Waals surface area contributed by atoms with E-state index in [2.05, 4.69) is 15.2 Å². The van der Waals surface area contributed by atoms with Gasteiger partial charge in [0, 0.05) is 12.0 Å². The zero-order valence-electron chi connectivity index (χ0n) is 13.6. The number of nitrogens with one attached hydrogen (secondary N) is 1. The minimum atomic E-state index is -0.438. The van der Waals surface area contributed by atoms with Gasteiger partial charge in [0.25, 0.3) is 0 Å². The van der Waals surface area contributed by atoms with Crippen molar-refractivity contribution in [2.24, 2.45) is 0 Å². The summed E-state index contributed by atoms with van der Waals surface area (Å²) in [6, 6.07) is 15.2. The summed E-state index contributed by atoms with van der Waals surface area (Å²) in [4.78, 5) is 18.4. The van der Waals surface area contributed by atoms with E-state index >= 15 is 0 Å². The molecule has 2 aromatic carbocycles. The second kappa shape index (κ2) is 11.4. The van der Waals surface area contributed by atoms with Crippen molar-refractivity contribution in [1.29, 1.82) is 0 Å². The standard InChI is InChI=1S/C9H13NO2.C8H5NOS.Na/c1-10-9(12-11)7-8-5-3-2-4-6-8;10-4-6-1-2-7-8(3-6)11-5-9-7;/h2-6,9-11H,7H2,1H3;1-5H;/q;;+1/p-1. The van der Waals surface area contributed by atoms with Gasteiger partial charge in [-0.2, -0.15) is 0 Å². The van der Waals surface area contributed by atoms with E-state index < -0.39 is 6.23 Å².